The van der Waals surface area contributed by atoms with Crippen LogP contribution >= 0.6 is 0 Å². The molecule has 8 aliphatic rings. The van der Waals surface area contributed by atoms with Gasteiger partial charge in [0.1, 0.15) is 22.6 Å². The van der Waals surface area contributed by atoms with Gasteiger partial charge in [-0.1, -0.05) is 188 Å². The van der Waals surface area contributed by atoms with Crippen molar-refractivity contribution in [3.05, 3.63) is 454 Å². The zero-order valence-electron chi connectivity index (χ0n) is 75.7. The van der Waals surface area contributed by atoms with Crippen molar-refractivity contribution in [2.24, 2.45) is 0 Å². The van der Waals surface area contributed by atoms with Gasteiger partial charge in [0.15, 0.2) is 0 Å². The molecule has 0 amide bonds. The summed E-state index contributed by atoms with van der Waals surface area (Å²) in [6.45, 7) is 0. The first-order valence-corrected chi connectivity index (χ1v) is 48.8. The quantitative estimate of drug-likeness (QED) is 0.138. The Labute approximate surface area is 799 Å². The van der Waals surface area contributed by atoms with Gasteiger partial charge in [-0.3, -0.25) is 37.5 Å². The zero-order valence-corrected chi connectivity index (χ0v) is 75.7. The van der Waals surface area contributed by atoms with Crippen LogP contribution in [0.4, 0.5) is 0 Å². The van der Waals surface area contributed by atoms with Crippen molar-refractivity contribution in [2.45, 2.75) is 51.4 Å². The minimum absolute atomic E-state index is 0.930. The van der Waals surface area contributed by atoms with Gasteiger partial charge in [0.25, 0.3) is 0 Å². The minimum Gasteiger partial charge on any atom is -0.290 e. The van der Waals surface area contributed by atoms with Crippen LogP contribution in [0.3, 0.4) is 0 Å². The van der Waals surface area contributed by atoms with E-state index in [9.17, 15) is 0 Å². The van der Waals surface area contributed by atoms with Crippen molar-refractivity contribution in [3.8, 4) is 89.0 Å². The second kappa shape index (κ2) is 27.9. The lowest BCUT2D eigenvalue weighted by atomic mass is 9.93. The lowest BCUT2D eigenvalue weighted by Crippen LogP contribution is -1.96. The Bertz CT molecular complexity index is 10700. The fourth-order valence-corrected chi connectivity index (χ4v) is 26.3. The third-order valence-corrected chi connectivity index (χ3v) is 32.2. The van der Waals surface area contributed by atoms with Gasteiger partial charge in [0.05, 0.1) is 88.3 Å². The Morgan fingerprint density at radius 2 is 0.464 bits per heavy atom. The molecule has 0 radical (unpaired) electrons. The highest BCUT2D eigenvalue weighted by atomic mass is 15.1. The third kappa shape index (κ3) is 10.3. The Hall–Kier alpha value is -18.0. The van der Waals surface area contributed by atoms with Crippen LogP contribution in [-0.2, 0) is 51.4 Å². The minimum atomic E-state index is 0.930. The second-order valence-corrected chi connectivity index (χ2v) is 39.3. The van der Waals surface area contributed by atoms with Gasteiger partial charge in [0, 0.05) is 67.9 Å². The summed E-state index contributed by atoms with van der Waals surface area (Å²) in [5, 5.41) is 9.56. The van der Waals surface area contributed by atoms with E-state index in [-0.39, 0.29) is 0 Å². The molecular formula is C128H76N12. The number of fused-ring (bicyclic) bond motifs is 60. The first kappa shape index (κ1) is 75.3. The molecule has 16 aromatic carbocycles. The molecule has 0 aliphatic heterocycles. The molecule has 28 aromatic rings. The van der Waals surface area contributed by atoms with Crippen molar-refractivity contribution >= 4 is 154 Å². The zero-order chi connectivity index (χ0) is 90.7. The highest BCUT2D eigenvalue weighted by Gasteiger charge is 2.36. The highest BCUT2D eigenvalue weighted by Crippen LogP contribution is 2.56. The molecule has 12 heterocycles. The van der Waals surface area contributed by atoms with Gasteiger partial charge in [-0.25, -0.2) is 19.9 Å². The Balaban J connectivity index is 0.0000000829. The maximum Gasteiger partial charge on any atom is 0.146 e. The largest absolute Gasteiger partial charge is 0.290 e. The fourth-order valence-electron chi connectivity index (χ4n) is 26.3. The van der Waals surface area contributed by atoms with E-state index in [2.05, 4.69) is 333 Å². The van der Waals surface area contributed by atoms with Crippen molar-refractivity contribution in [1.29, 1.82) is 0 Å². The summed E-state index contributed by atoms with van der Waals surface area (Å²) >= 11 is 0. The summed E-state index contributed by atoms with van der Waals surface area (Å²) < 4.78 is 9.12. The van der Waals surface area contributed by atoms with Gasteiger partial charge in [-0.15, -0.1) is 0 Å². The molecule has 648 valence electrons. The number of para-hydroxylation sites is 8. The lowest BCUT2D eigenvalue weighted by molar-refractivity contribution is 1.22. The van der Waals surface area contributed by atoms with Crippen LogP contribution in [0, 0.1) is 0 Å². The normalized spacial score (nSPS) is 13.5. The van der Waals surface area contributed by atoms with Crippen LogP contribution in [0.5, 0.6) is 0 Å². The summed E-state index contributed by atoms with van der Waals surface area (Å²) in [5.41, 5.74) is 66.2. The summed E-state index contributed by atoms with van der Waals surface area (Å²) in [5.74, 6) is 0. The molecule has 8 aliphatic carbocycles. The van der Waals surface area contributed by atoms with Crippen molar-refractivity contribution < 1.29 is 0 Å². The lowest BCUT2D eigenvalue weighted by Gasteiger charge is -2.13. The van der Waals surface area contributed by atoms with Gasteiger partial charge in [-0.2, -0.15) is 0 Å². The maximum atomic E-state index is 5.10. The molecule has 0 saturated carbocycles. The highest BCUT2D eigenvalue weighted by molar-refractivity contribution is 6.21. The van der Waals surface area contributed by atoms with Crippen LogP contribution in [-0.4, -0.2) is 57.5 Å². The number of aromatic nitrogens is 12. The number of rotatable bonds is 0. The molecule has 12 nitrogen and oxygen atoms in total. The average Bonchev–Trinajstić information content (AvgIpc) is 1.57. The number of hydrogen-bond acceptors (Lipinski definition) is 8. The first-order valence-electron chi connectivity index (χ1n) is 48.8. The molecular weight excluding hydrogens is 1710 g/mol. The van der Waals surface area contributed by atoms with E-state index >= 15 is 0 Å². The van der Waals surface area contributed by atoms with E-state index < -0.39 is 0 Å². The molecule has 0 spiro atoms. The van der Waals surface area contributed by atoms with Gasteiger partial charge in [-0.05, 0) is 381 Å². The molecule has 0 saturated heterocycles. The van der Waals surface area contributed by atoms with E-state index in [0.717, 1.165) is 162 Å². The van der Waals surface area contributed by atoms with Gasteiger partial charge in [0.2, 0.25) is 0 Å². The molecule has 12 heteroatoms. The van der Waals surface area contributed by atoms with Crippen molar-refractivity contribution in [1.82, 2.24) is 57.5 Å². The van der Waals surface area contributed by atoms with Crippen LogP contribution in [0.25, 0.3) is 243 Å². The summed E-state index contributed by atoms with van der Waals surface area (Å²) in [6, 6.07) is 124. The Kier molecular flexibility index (Phi) is 15.0. The van der Waals surface area contributed by atoms with Crippen LogP contribution in [0.1, 0.15) is 89.0 Å². The molecule has 0 bridgehead atoms. The molecule has 12 aromatic heterocycles. The number of imidazole rings is 4. The van der Waals surface area contributed by atoms with Gasteiger partial charge >= 0.3 is 0 Å². The Morgan fingerprint density at radius 3 is 0.986 bits per heavy atom. The predicted octanol–water partition coefficient (Wildman–Crippen LogP) is 29.3. The molecule has 36 rings (SSSR count). The average molecular weight is 1780 g/mol. The van der Waals surface area contributed by atoms with E-state index in [1.54, 1.807) is 0 Å². The van der Waals surface area contributed by atoms with Crippen LogP contribution in [0.2, 0.25) is 0 Å². The smallest absolute Gasteiger partial charge is 0.146 e. The maximum absolute atomic E-state index is 5.10. The topological polar surface area (TPSA) is 121 Å². The number of hydrogen-bond donors (Lipinski definition) is 0. The molecule has 0 unspecified atom stereocenters. The van der Waals surface area contributed by atoms with Gasteiger partial charge < -0.3 is 0 Å². The van der Waals surface area contributed by atoms with E-state index in [1.165, 1.54) is 221 Å². The number of benzene rings is 16. The molecule has 0 N–H and O–H groups in total. The van der Waals surface area contributed by atoms with E-state index in [4.69, 9.17) is 39.9 Å². The van der Waals surface area contributed by atoms with Crippen LogP contribution < -0.4 is 0 Å². The fraction of sp³-hybridized carbons (Fsp3) is 0.0625. The number of nitrogens with zero attached hydrogens (tertiary/aromatic N) is 12. The van der Waals surface area contributed by atoms with Crippen LogP contribution in [0.15, 0.2) is 365 Å². The van der Waals surface area contributed by atoms with E-state index in [0.29, 0.717) is 0 Å². The Morgan fingerprint density at radius 1 is 0.164 bits per heavy atom. The first-order chi connectivity index (χ1) is 69.4. The number of pyridine rings is 8. The summed E-state index contributed by atoms with van der Waals surface area (Å²) in [4.78, 5) is 39.9. The predicted molar refractivity (Wildman–Crippen MR) is 568 cm³/mol. The molecule has 0 fully saturated rings. The standard InChI is InChI=1S/4C32H19N3/c1-2-7-21-18(6-1)16-19-11-12-20-17-24-22(29(20)28(19)21)13-14-23-30(24)31-27(10-5-15-33-31)35-26-9-4-3-8-25(26)34-32(23)35;1-2-7-21-18(6-1)14-19-15-20-16-26-22(25(20)17-24(19)21)11-12-23-30(26)31-29(10-5-13-33-31)35-28-9-4-3-8-27(28)34-32(23)35;1-2-7-21-18(6-1)14-19-11-12-22-23-17-26-25(16-20(23)15-24(22)30(19)21)31-29(10-5-13-33-31)35-28-9-4-3-8-27(28)34-32(26)35;1-2-7-22-18(6-1)12-19-15-24-20(14-23(19)22)13-21-16-26-27(17-25(21)24)32-34-28-8-3-4-9-29(28)35(32)30-10-5-11-33-31(26)30/h1-15H,16-17H2;1-13,15,17H,14,16H2;1-13,16-17H,14-15H2;1-11,14-17H,12-13H2. The molecule has 0 atom stereocenters. The van der Waals surface area contributed by atoms with Crippen molar-refractivity contribution in [3.63, 3.8) is 0 Å². The second-order valence-electron chi connectivity index (χ2n) is 39.3. The SMILES string of the molecule is c1ccc2c(c1)Cc1cc3c(cc1-2)-c1ccc2c(c1C3)c1ncccc1n1c3ccccc3nc21.c1ccc2c(c1)Cc1cc3c(cc1-2)Cc1cc2c(cc1-3)c1nc3ccccc3n1c1cccnc21.c1ccc2c(c1)Cc1ccc3c(c1-2)-c1ccc2c(c1C3)c1ncccc1n1c3ccccc3nc21.c1ccc2c(c1)Cc1ccc3c(c1-2)Cc1cc2c(cc1-3)c1nc3ccccc3n1c1cccnc21. The van der Waals surface area contributed by atoms with E-state index in [1.807, 2.05) is 49.1 Å². The summed E-state index contributed by atoms with van der Waals surface area (Å²) in [7, 11) is 0. The van der Waals surface area contributed by atoms with Crippen molar-refractivity contribution in [2.75, 3.05) is 0 Å². The molecule has 140 heavy (non-hydrogen) atoms. The third-order valence-electron chi connectivity index (χ3n) is 32.2. The monoisotopic (exact) mass is 1780 g/mol. The summed E-state index contributed by atoms with van der Waals surface area (Å²) in [6.07, 6.45) is 15.5.